The number of anilines is 1. The molecule has 0 aliphatic rings. The number of rotatable bonds is 2. The molecular weight excluding hydrogens is 312 g/mol. The second-order valence-electron chi connectivity index (χ2n) is 3.58. The number of hydrogen-bond acceptors (Lipinski definition) is 4. The van der Waals surface area contributed by atoms with Crippen LogP contribution in [0.2, 0.25) is 15.1 Å². The SMILES string of the molecule is COC(=O)c1cc(N)n(-c2c(Cl)cc(Cl)cc2Cl)n1. The third-order valence-electron chi connectivity index (χ3n) is 2.32. The van der Waals surface area contributed by atoms with Crippen molar-refractivity contribution in [2.45, 2.75) is 0 Å². The number of ether oxygens (including phenoxy) is 1. The minimum Gasteiger partial charge on any atom is -0.464 e. The Balaban J connectivity index is 2.60. The molecule has 8 heteroatoms. The molecule has 0 bridgehead atoms. The van der Waals surface area contributed by atoms with Gasteiger partial charge in [0.2, 0.25) is 0 Å². The van der Waals surface area contributed by atoms with Crippen molar-refractivity contribution in [1.29, 1.82) is 0 Å². The molecule has 0 saturated heterocycles. The predicted octanol–water partition coefficient (Wildman–Crippen LogP) is 3.20. The van der Waals surface area contributed by atoms with Gasteiger partial charge in [-0.25, -0.2) is 9.48 Å². The molecule has 1 aromatic carbocycles. The topological polar surface area (TPSA) is 70.1 Å². The number of esters is 1. The van der Waals surface area contributed by atoms with Gasteiger partial charge in [-0.2, -0.15) is 5.10 Å². The fourth-order valence-corrected chi connectivity index (χ4v) is 2.49. The molecule has 0 aliphatic heterocycles. The number of carbonyl (C=O) groups excluding carboxylic acids is 1. The van der Waals surface area contributed by atoms with E-state index in [0.29, 0.717) is 10.7 Å². The fraction of sp³-hybridized carbons (Fsp3) is 0.0909. The quantitative estimate of drug-likeness (QED) is 0.863. The van der Waals surface area contributed by atoms with Crippen LogP contribution in [0.5, 0.6) is 0 Å². The molecule has 0 aliphatic carbocycles. The zero-order chi connectivity index (χ0) is 14.2. The molecule has 100 valence electrons. The van der Waals surface area contributed by atoms with Crippen LogP contribution in [0.15, 0.2) is 18.2 Å². The maximum Gasteiger partial charge on any atom is 0.358 e. The van der Waals surface area contributed by atoms with Gasteiger partial charge in [-0.05, 0) is 12.1 Å². The van der Waals surface area contributed by atoms with Crippen molar-refractivity contribution in [2.75, 3.05) is 12.8 Å². The maximum atomic E-state index is 11.4. The fourth-order valence-electron chi connectivity index (χ4n) is 1.52. The summed E-state index contributed by atoms with van der Waals surface area (Å²) in [4.78, 5) is 11.4. The minimum atomic E-state index is -0.605. The number of carbonyl (C=O) groups is 1. The van der Waals surface area contributed by atoms with E-state index >= 15 is 0 Å². The van der Waals surface area contributed by atoms with Gasteiger partial charge in [-0.3, -0.25) is 0 Å². The second-order valence-corrected chi connectivity index (χ2v) is 4.83. The van der Waals surface area contributed by atoms with E-state index in [1.165, 1.54) is 30.0 Å². The summed E-state index contributed by atoms with van der Waals surface area (Å²) in [6.07, 6.45) is 0. The molecule has 2 aromatic rings. The van der Waals surface area contributed by atoms with E-state index in [0.717, 1.165) is 0 Å². The average molecular weight is 321 g/mol. The normalized spacial score (nSPS) is 10.5. The van der Waals surface area contributed by atoms with E-state index < -0.39 is 5.97 Å². The van der Waals surface area contributed by atoms with E-state index in [2.05, 4.69) is 9.84 Å². The molecule has 0 spiro atoms. The van der Waals surface area contributed by atoms with Crippen LogP contribution in [0.1, 0.15) is 10.5 Å². The van der Waals surface area contributed by atoms with Crippen molar-refractivity contribution in [3.63, 3.8) is 0 Å². The lowest BCUT2D eigenvalue weighted by Gasteiger charge is -2.09. The summed E-state index contributed by atoms with van der Waals surface area (Å²) < 4.78 is 5.82. The van der Waals surface area contributed by atoms with E-state index in [1.807, 2.05) is 0 Å². The molecule has 0 amide bonds. The third-order valence-corrected chi connectivity index (χ3v) is 3.12. The molecule has 0 atom stereocenters. The largest absolute Gasteiger partial charge is 0.464 e. The molecule has 1 heterocycles. The van der Waals surface area contributed by atoms with Gasteiger partial charge < -0.3 is 10.5 Å². The van der Waals surface area contributed by atoms with Gasteiger partial charge in [0.1, 0.15) is 11.5 Å². The summed E-state index contributed by atoms with van der Waals surface area (Å²) in [7, 11) is 1.25. The summed E-state index contributed by atoms with van der Waals surface area (Å²) in [6, 6.07) is 4.37. The van der Waals surface area contributed by atoms with Crippen LogP contribution in [-0.4, -0.2) is 22.9 Å². The molecule has 0 radical (unpaired) electrons. The average Bonchev–Trinajstić information content (AvgIpc) is 2.69. The zero-order valence-corrected chi connectivity index (χ0v) is 11.9. The van der Waals surface area contributed by atoms with Gasteiger partial charge in [0.05, 0.1) is 17.2 Å². The Labute approximate surface area is 123 Å². The Morgan fingerprint density at radius 2 is 1.84 bits per heavy atom. The van der Waals surface area contributed by atoms with Crippen molar-refractivity contribution in [2.24, 2.45) is 0 Å². The number of nitrogens with zero attached hydrogens (tertiary/aromatic N) is 2. The molecule has 5 nitrogen and oxygen atoms in total. The van der Waals surface area contributed by atoms with Gasteiger partial charge >= 0.3 is 5.97 Å². The van der Waals surface area contributed by atoms with Crippen molar-refractivity contribution in [1.82, 2.24) is 9.78 Å². The molecule has 2 rings (SSSR count). The van der Waals surface area contributed by atoms with E-state index in [9.17, 15) is 4.79 Å². The summed E-state index contributed by atoms with van der Waals surface area (Å²) in [5.74, 6) is -0.404. The Morgan fingerprint density at radius 3 is 2.37 bits per heavy atom. The molecule has 1 aromatic heterocycles. The standard InChI is InChI=1S/C11H8Cl3N3O2/c1-19-11(18)8-4-9(15)17(16-8)10-6(13)2-5(12)3-7(10)14/h2-4H,15H2,1H3. The molecule has 19 heavy (non-hydrogen) atoms. The van der Waals surface area contributed by atoms with Gasteiger partial charge in [0, 0.05) is 11.1 Å². The smallest absolute Gasteiger partial charge is 0.358 e. The first-order valence-corrected chi connectivity index (χ1v) is 6.16. The van der Waals surface area contributed by atoms with E-state index in [4.69, 9.17) is 40.5 Å². The van der Waals surface area contributed by atoms with Crippen molar-refractivity contribution < 1.29 is 9.53 Å². The Bertz CT molecular complexity index is 632. The van der Waals surface area contributed by atoms with Crippen LogP contribution >= 0.6 is 34.8 Å². The van der Waals surface area contributed by atoms with Crippen LogP contribution < -0.4 is 5.73 Å². The van der Waals surface area contributed by atoms with Gasteiger partial charge in [0.25, 0.3) is 0 Å². The van der Waals surface area contributed by atoms with Crippen molar-refractivity contribution in [3.05, 3.63) is 39.0 Å². The minimum absolute atomic E-state index is 0.0575. The number of aromatic nitrogens is 2. The van der Waals surface area contributed by atoms with Crippen LogP contribution in [-0.2, 0) is 4.74 Å². The molecule has 0 unspecified atom stereocenters. The Kier molecular flexibility index (Phi) is 3.89. The summed E-state index contributed by atoms with van der Waals surface area (Å²) >= 11 is 17.9. The number of halogens is 3. The zero-order valence-electron chi connectivity index (χ0n) is 9.65. The lowest BCUT2D eigenvalue weighted by atomic mass is 10.3. The highest BCUT2D eigenvalue weighted by Crippen LogP contribution is 2.33. The molecule has 2 N–H and O–H groups in total. The van der Waals surface area contributed by atoms with Crippen LogP contribution in [0.25, 0.3) is 5.69 Å². The molecule has 0 fully saturated rings. The highest BCUT2D eigenvalue weighted by molar-refractivity contribution is 6.40. The second kappa shape index (κ2) is 5.28. The number of nitrogens with two attached hydrogens (primary N) is 1. The van der Waals surface area contributed by atoms with E-state index in [-0.39, 0.29) is 21.6 Å². The van der Waals surface area contributed by atoms with E-state index in [1.54, 1.807) is 0 Å². The monoisotopic (exact) mass is 319 g/mol. The summed E-state index contributed by atoms with van der Waals surface area (Å²) in [5.41, 5.74) is 6.19. The predicted molar refractivity (Wildman–Crippen MR) is 74.3 cm³/mol. The summed E-state index contributed by atoms with van der Waals surface area (Å²) in [5, 5.41) is 4.93. The van der Waals surface area contributed by atoms with Gasteiger partial charge in [-0.1, -0.05) is 34.8 Å². The molecule has 0 saturated carbocycles. The number of benzene rings is 1. The molecular formula is C11H8Cl3N3O2. The van der Waals surface area contributed by atoms with Gasteiger partial charge in [0.15, 0.2) is 5.69 Å². The third kappa shape index (κ3) is 2.63. The van der Waals surface area contributed by atoms with Gasteiger partial charge in [-0.15, -0.1) is 0 Å². The first-order valence-electron chi connectivity index (χ1n) is 5.02. The van der Waals surface area contributed by atoms with Crippen LogP contribution in [0.4, 0.5) is 5.82 Å². The number of methoxy groups -OCH3 is 1. The Morgan fingerprint density at radius 1 is 1.26 bits per heavy atom. The number of hydrogen-bond donors (Lipinski definition) is 1. The summed E-state index contributed by atoms with van der Waals surface area (Å²) in [6.45, 7) is 0. The lowest BCUT2D eigenvalue weighted by Crippen LogP contribution is -2.06. The van der Waals surface area contributed by atoms with Crippen LogP contribution in [0.3, 0.4) is 0 Å². The first kappa shape index (κ1) is 14.0. The highest BCUT2D eigenvalue weighted by Gasteiger charge is 2.18. The first-order chi connectivity index (χ1) is 8.93. The van der Waals surface area contributed by atoms with Crippen molar-refractivity contribution >= 4 is 46.6 Å². The lowest BCUT2D eigenvalue weighted by molar-refractivity contribution is 0.0593. The highest BCUT2D eigenvalue weighted by atomic mass is 35.5. The number of nitrogen functional groups attached to an aromatic ring is 1. The Hall–Kier alpha value is -1.43. The maximum absolute atomic E-state index is 11.4. The van der Waals surface area contributed by atoms with Crippen molar-refractivity contribution in [3.8, 4) is 5.69 Å². The van der Waals surface area contributed by atoms with Crippen LogP contribution in [0, 0.1) is 0 Å².